The molecule has 0 aliphatic heterocycles. The molecule has 1 saturated carbocycles. The first-order valence-corrected chi connectivity index (χ1v) is 8.14. The van der Waals surface area contributed by atoms with Gasteiger partial charge in [-0.3, -0.25) is 4.79 Å². The Morgan fingerprint density at radius 2 is 2.00 bits per heavy atom. The number of carbonyl (C=O) groups excluding carboxylic acids is 1. The molecule has 0 aromatic heterocycles. The van der Waals surface area contributed by atoms with E-state index in [9.17, 15) is 13.2 Å². The molecule has 2 unspecified atom stereocenters. The highest BCUT2D eigenvalue weighted by molar-refractivity contribution is 7.90. The van der Waals surface area contributed by atoms with Gasteiger partial charge in [-0.05, 0) is 25.0 Å². The average molecular weight is 282 g/mol. The number of hydrogen-bond donors (Lipinski definition) is 2. The van der Waals surface area contributed by atoms with Crippen LogP contribution in [-0.4, -0.2) is 26.6 Å². The lowest BCUT2D eigenvalue weighted by Gasteiger charge is -2.16. The summed E-state index contributed by atoms with van der Waals surface area (Å²) in [5.74, 6) is -0.422. The SMILES string of the molecule is CS(=O)(=O)c1ccccc1NC(=O)C1CCCC1N. The van der Waals surface area contributed by atoms with Crippen molar-refractivity contribution >= 4 is 21.4 Å². The van der Waals surface area contributed by atoms with Crippen molar-refractivity contribution in [3.05, 3.63) is 24.3 Å². The molecule has 1 aromatic carbocycles. The van der Waals surface area contributed by atoms with Crippen molar-refractivity contribution < 1.29 is 13.2 Å². The molecule has 5 nitrogen and oxygen atoms in total. The highest BCUT2D eigenvalue weighted by Gasteiger charge is 2.30. The Hall–Kier alpha value is -1.40. The summed E-state index contributed by atoms with van der Waals surface area (Å²) < 4.78 is 23.3. The molecule has 2 atom stereocenters. The molecule has 3 N–H and O–H groups in total. The maximum absolute atomic E-state index is 12.1. The lowest BCUT2D eigenvalue weighted by atomic mass is 10.0. The molecule has 19 heavy (non-hydrogen) atoms. The Morgan fingerprint density at radius 3 is 2.58 bits per heavy atom. The molecule has 1 aliphatic rings. The zero-order valence-electron chi connectivity index (χ0n) is 10.8. The summed E-state index contributed by atoms with van der Waals surface area (Å²) in [4.78, 5) is 12.3. The van der Waals surface area contributed by atoms with Crippen LogP contribution in [0.25, 0.3) is 0 Å². The van der Waals surface area contributed by atoms with Crippen LogP contribution in [0, 0.1) is 5.92 Å². The number of para-hydroxylation sites is 1. The minimum atomic E-state index is -3.36. The van der Waals surface area contributed by atoms with E-state index in [1.165, 1.54) is 6.07 Å². The van der Waals surface area contributed by atoms with E-state index in [2.05, 4.69) is 5.32 Å². The summed E-state index contributed by atoms with van der Waals surface area (Å²) in [5.41, 5.74) is 6.21. The van der Waals surface area contributed by atoms with Gasteiger partial charge in [-0.25, -0.2) is 8.42 Å². The van der Waals surface area contributed by atoms with Crippen LogP contribution in [0.5, 0.6) is 0 Å². The van der Waals surface area contributed by atoms with Crippen molar-refractivity contribution in [1.82, 2.24) is 0 Å². The smallest absolute Gasteiger partial charge is 0.229 e. The summed E-state index contributed by atoms with van der Waals surface area (Å²) in [6.07, 6.45) is 3.66. The minimum Gasteiger partial charge on any atom is -0.327 e. The van der Waals surface area contributed by atoms with E-state index in [0.717, 1.165) is 25.5 Å². The van der Waals surface area contributed by atoms with E-state index in [0.29, 0.717) is 5.69 Å². The topological polar surface area (TPSA) is 89.3 Å². The number of hydrogen-bond acceptors (Lipinski definition) is 4. The molecule has 1 fully saturated rings. The molecule has 1 amide bonds. The van der Waals surface area contributed by atoms with Crippen molar-refractivity contribution in [2.45, 2.75) is 30.2 Å². The van der Waals surface area contributed by atoms with Crippen LogP contribution in [0.1, 0.15) is 19.3 Å². The Kier molecular flexibility index (Phi) is 3.91. The Balaban J connectivity index is 2.22. The van der Waals surface area contributed by atoms with Gasteiger partial charge in [0.05, 0.1) is 16.5 Å². The number of benzene rings is 1. The normalized spacial score (nSPS) is 23.3. The van der Waals surface area contributed by atoms with Crippen LogP contribution in [0.15, 0.2) is 29.2 Å². The molecule has 6 heteroatoms. The summed E-state index contributed by atoms with van der Waals surface area (Å²) in [6, 6.07) is 6.27. The first-order valence-electron chi connectivity index (χ1n) is 6.25. The second-order valence-electron chi connectivity index (χ2n) is 4.96. The van der Waals surface area contributed by atoms with E-state index in [-0.39, 0.29) is 22.8 Å². The Labute approximate surface area is 113 Å². The van der Waals surface area contributed by atoms with Crippen molar-refractivity contribution in [2.24, 2.45) is 11.7 Å². The molecule has 0 saturated heterocycles. The second kappa shape index (κ2) is 5.30. The van der Waals surface area contributed by atoms with Crippen molar-refractivity contribution in [2.75, 3.05) is 11.6 Å². The van der Waals surface area contributed by atoms with Crippen LogP contribution >= 0.6 is 0 Å². The summed E-state index contributed by atoms with van der Waals surface area (Å²) in [6.45, 7) is 0. The molecule has 0 spiro atoms. The van der Waals surface area contributed by atoms with E-state index >= 15 is 0 Å². The van der Waals surface area contributed by atoms with Gasteiger partial charge in [-0.15, -0.1) is 0 Å². The van der Waals surface area contributed by atoms with Crippen molar-refractivity contribution in [3.8, 4) is 0 Å². The standard InChI is InChI=1S/C13H18N2O3S/c1-19(17,18)12-8-3-2-7-11(12)15-13(16)9-5-4-6-10(9)14/h2-3,7-10H,4-6,14H2,1H3,(H,15,16). The fraction of sp³-hybridized carbons (Fsp3) is 0.462. The molecule has 0 heterocycles. The van der Waals surface area contributed by atoms with Gasteiger partial charge in [0, 0.05) is 12.3 Å². The molecular formula is C13H18N2O3S. The minimum absolute atomic E-state index is 0.134. The first-order chi connectivity index (χ1) is 8.89. The Morgan fingerprint density at radius 1 is 1.32 bits per heavy atom. The molecule has 1 aromatic rings. The fourth-order valence-corrected chi connectivity index (χ4v) is 3.28. The summed E-state index contributed by atoms with van der Waals surface area (Å²) in [5, 5.41) is 2.69. The van der Waals surface area contributed by atoms with Crippen LogP contribution < -0.4 is 11.1 Å². The fourth-order valence-electron chi connectivity index (χ4n) is 2.43. The maximum Gasteiger partial charge on any atom is 0.229 e. The van der Waals surface area contributed by atoms with E-state index in [4.69, 9.17) is 5.73 Å². The molecule has 2 rings (SSSR count). The predicted octanol–water partition coefficient (Wildman–Crippen LogP) is 1.16. The van der Waals surface area contributed by atoms with Crippen LogP contribution in [0.2, 0.25) is 0 Å². The average Bonchev–Trinajstić information content (AvgIpc) is 2.75. The van der Waals surface area contributed by atoms with Crippen molar-refractivity contribution in [1.29, 1.82) is 0 Å². The van der Waals surface area contributed by atoms with E-state index in [1.54, 1.807) is 18.2 Å². The molecular weight excluding hydrogens is 264 g/mol. The first kappa shape index (κ1) is 14.0. The van der Waals surface area contributed by atoms with Gasteiger partial charge in [0.15, 0.2) is 9.84 Å². The van der Waals surface area contributed by atoms with Gasteiger partial charge in [-0.1, -0.05) is 18.6 Å². The third-order valence-corrected chi connectivity index (χ3v) is 4.61. The summed E-state index contributed by atoms with van der Waals surface area (Å²) >= 11 is 0. The molecule has 1 aliphatic carbocycles. The number of carbonyl (C=O) groups is 1. The van der Waals surface area contributed by atoms with E-state index < -0.39 is 9.84 Å². The lowest BCUT2D eigenvalue weighted by molar-refractivity contribution is -0.120. The molecule has 104 valence electrons. The zero-order valence-corrected chi connectivity index (χ0v) is 11.6. The number of rotatable bonds is 3. The quantitative estimate of drug-likeness (QED) is 0.870. The third kappa shape index (κ3) is 3.13. The largest absolute Gasteiger partial charge is 0.327 e. The molecule has 0 radical (unpaired) electrons. The third-order valence-electron chi connectivity index (χ3n) is 3.45. The van der Waals surface area contributed by atoms with Crippen molar-refractivity contribution in [3.63, 3.8) is 0 Å². The van der Waals surface area contributed by atoms with Crippen LogP contribution in [0.4, 0.5) is 5.69 Å². The highest BCUT2D eigenvalue weighted by atomic mass is 32.2. The number of nitrogens with two attached hydrogens (primary N) is 1. The molecule has 0 bridgehead atoms. The predicted molar refractivity (Wildman–Crippen MR) is 73.5 cm³/mol. The van der Waals surface area contributed by atoms with Gasteiger partial charge < -0.3 is 11.1 Å². The van der Waals surface area contributed by atoms with Gasteiger partial charge in [0.1, 0.15) is 0 Å². The number of anilines is 1. The van der Waals surface area contributed by atoms with Gasteiger partial charge in [0.25, 0.3) is 0 Å². The number of nitrogens with one attached hydrogen (secondary N) is 1. The van der Waals surface area contributed by atoms with Crippen LogP contribution in [-0.2, 0) is 14.6 Å². The monoisotopic (exact) mass is 282 g/mol. The van der Waals surface area contributed by atoms with Gasteiger partial charge in [-0.2, -0.15) is 0 Å². The van der Waals surface area contributed by atoms with Crippen LogP contribution in [0.3, 0.4) is 0 Å². The van der Waals surface area contributed by atoms with E-state index in [1.807, 2.05) is 0 Å². The zero-order chi connectivity index (χ0) is 14.0. The number of sulfone groups is 1. The summed E-state index contributed by atoms with van der Waals surface area (Å²) in [7, 11) is -3.36. The number of amides is 1. The Bertz CT molecular complexity index is 583. The highest BCUT2D eigenvalue weighted by Crippen LogP contribution is 2.27. The maximum atomic E-state index is 12.1. The second-order valence-corrected chi connectivity index (χ2v) is 6.94. The lowest BCUT2D eigenvalue weighted by Crippen LogP contribution is -2.34. The van der Waals surface area contributed by atoms with Gasteiger partial charge >= 0.3 is 0 Å². The van der Waals surface area contributed by atoms with Gasteiger partial charge in [0.2, 0.25) is 5.91 Å².